The second-order valence-electron chi connectivity index (χ2n) is 10.2. The van der Waals surface area contributed by atoms with Gasteiger partial charge in [0, 0.05) is 0 Å². The van der Waals surface area contributed by atoms with Crippen LogP contribution < -0.4 is 0 Å². The van der Waals surface area contributed by atoms with Crippen molar-refractivity contribution in [3.63, 3.8) is 0 Å². The first-order valence-electron chi connectivity index (χ1n) is 13.8. The molecule has 0 amide bonds. The number of benzene rings is 6. The van der Waals surface area contributed by atoms with Crippen LogP contribution >= 0.6 is 0 Å². The number of rotatable bonds is 4. The second kappa shape index (κ2) is 10.1. The van der Waals surface area contributed by atoms with E-state index < -0.39 is 20.4 Å². The van der Waals surface area contributed by atoms with Crippen molar-refractivity contribution in [2.24, 2.45) is 0 Å². The van der Waals surface area contributed by atoms with E-state index in [9.17, 15) is 0 Å². The summed E-state index contributed by atoms with van der Waals surface area (Å²) in [7, 11) is 0. The second-order valence-corrected chi connectivity index (χ2v) is 13.3. The fourth-order valence-corrected chi connectivity index (χ4v) is 9.02. The number of aromatic nitrogens is 2. The molecule has 0 bridgehead atoms. The Morgan fingerprint density at radius 2 is 0.976 bits per heavy atom. The summed E-state index contributed by atoms with van der Waals surface area (Å²) in [5.41, 5.74) is 10.6. The van der Waals surface area contributed by atoms with E-state index in [0.717, 1.165) is 33.5 Å². The van der Waals surface area contributed by atoms with Gasteiger partial charge in [0.25, 0.3) is 0 Å². The Labute approximate surface area is 248 Å². The average Bonchev–Trinajstić information content (AvgIpc) is 3.44. The molecule has 3 heteroatoms. The SMILES string of the molecule is c1ccc(-c2cccc(-c3nc4ccccc4nc3-c3ccccc3-c3cccc4[te]c5ccccc5c34)c2)cc1. The molecule has 0 saturated heterocycles. The minimum Gasteiger partial charge on any atom is -0.0617 e. The van der Waals surface area contributed by atoms with Crippen LogP contribution in [0, 0.1) is 0 Å². The average molecular weight is 636 g/mol. The van der Waals surface area contributed by atoms with Crippen molar-refractivity contribution < 1.29 is 0 Å². The topological polar surface area (TPSA) is 25.8 Å². The van der Waals surface area contributed by atoms with E-state index in [1.54, 1.807) is 0 Å². The molecule has 0 saturated carbocycles. The van der Waals surface area contributed by atoms with Crippen molar-refractivity contribution in [2.45, 2.75) is 0 Å². The van der Waals surface area contributed by atoms with Crippen molar-refractivity contribution in [1.29, 1.82) is 0 Å². The molecule has 192 valence electrons. The smallest absolute Gasteiger partial charge is 0.0617 e. The van der Waals surface area contributed by atoms with Crippen LogP contribution in [0.3, 0.4) is 0 Å². The van der Waals surface area contributed by atoms with Gasteiger partial charge in [-0.05, 0) is 0 Å². The summed E-state index contributed by atoms with van der Waals surface area (Å²) in [5.74, 6) is 0. The molecule has 6 aromatic carbocycles. The summed E-state index contributed by atoms with van der Waals surface area (Å²) in [6.07, 6.45) is 0. The van der Waals surface area contributed by atoms with Gasteiger partial charge >= 0.3 is 231 Å². The number of hydrogen-bond donors (Lipinski definition) is 0. The molecule has 0 radical (unpaired) electrons. The molecule has 41 heavy (non-hydrogen) atoms. The molecule has 8 rings (SSSR count). The summed E-state index contributed by atoms with van der Waals surface area (Å²) in [6.45, 7) is 0. The quantitative estimate of drug-likeness (QED) is 0.180. The third-order valence-corrected chi connectivity index (χ3v) is 10.9. The summed E-state index contributed by atoms with van der Waals surface area (Å²) < 4.78 is 3.02. The molecule has 0 spiro atoms. The normalized spacial score (nSPS) is 11.4. The summed E-state index contributed by atoms with van der Waals surface area (Å²) in [4.78, 5) is 10.5. The number of hydrogen-bond acceptors (Lipinski definition) is 2. The first-order valence-corrected chi connectivity index (χ1v) is 16.1. The predicted molar refractivity (Wildman–Crippen MR) is 173 cm³/mol. The Balaban J connectivity index is 1.40. The zero-order chi connectivity index (χ0) is 27.2. The number of nitrogens with zero attached hydrogens (tertiary/aromatic N) is 2. The van der Waals surface area contributed by atoms with Crippen molar-refractivity contribution in [2.75, 3.05) is 0 Å². The molecule has 8 aromatic rings. The van der Waals surface area contributed by atoms with Gasteiger partial charge in [0.05, 0.1) is 0 Å². The molecule has 0 aliphatic carbocycles. The van der Waals surface area contributed by atoms with E-state index in [1.165, 1.54) is 39.8 Å². The van der Waals surface area contributed by atoms with E-state index in [0.29, 0.717) is 0 Å². The minimum atomic E-state index is -0.403. The van der Waals surface area contributed by atoms with E-state index in [2.05, 4.69) is 127 Å². The third-order valence-electron chi connectivity index (χ3n) is 7.69. The summed E-state index contributed by atoms with van der Waals surface area (Å²) in [5, 5.41) is 2.77. The Bertz CT molecular complexity index is 2210. The van der Waals surface area contributed by atoms with Crippen LogP contribution in [0.5, 0.6) is 0 Å². The van der Waals surface area contributed by atoms with Crippen molar-refractivity contribution >= 4 is 49.0 Å². The van der Waals surface area contributed by atoms with Gasteiger partial charge in [0.2, 0.25) is 0 Å². The molecular weight excluding hydrogens is 612 g/mol. The van der Waals surface area contributed by atoms with Crippen LogP contribution in [0.4, 0.5) is 0 Å². The first kappa shape index (κ1) is 24.3. The molecule has 2 heterocycles. The van der Waals surface area contributed by atoms with E-state index in [1.807, 2.05) is 18.2 Å². The minimum absolute atomic E-state index is 0.403. The summed E-state index contributed by atoms with van der Waals surface area (Å²) >= 11 is -0.403. The molecule has 0 atom stereocenters. The molecular formula is C38H24N2Te. The fourth-order valence-electron chi connectivity index (χ4n) is 5.79. The molecule has 2 aromatic heterocycles. The van der Waals surface area contributed by atoms with Gasteiger partial charge < -0.3 is 0 Å². The van der Waals surface area contributed by atoms with Gasteiger partial charge in [0.15, 0.2) is 0 Å². The molecule has 2 nitrogen and oxygen atoms in total. The van der Waals surface area contributed by atoms with Gasteiger partial charge in [-0.15, -0.1) is 0 Å². The Morgan fingerprint density at radius 3 is 1.83 bits per heavy atom. The van der Waals surface area contributed by atoms with Crippen LogP contribution in [0.2, 0.25) is 0 Å². The number of para-hydroxylation sites is 2. The van der Waals surface area contributed by atoms with Gasteiger partial charge in [-0.25, -0.2) is 0 Å². The predicted octanol–water partition coefficient (Wildman–Crippen LogP) is 9.66. The van der Waals surface area contributed by atoms with Crippen LogP contribution in [0.15, 0.2) is 146 Å². The van der Waals surface area contributed by atoms with E-state index >= 15 is 0 Å². The Hall–Kier alpha value is -4.55. The maximum atomic E-state index is 5.29. The van der Waals surface area contributed by atoms with Gasteiger partial charge in [-0.1, -0.05) is 18.2 Å². The van der Waals surface area contributed by atoms with Crippen LogP contribution in [-0.2, 0) is 0 Å². The van der Waals surface area contributed by atoms with Crippen LogP contribution in [-0.4, -0.2) is 30.4 Å². The zero-order valence-corrected chi connectivity index (χ0v) is 24.5. The van der Waals surface area contributed by atoms with Crippen molar-refractivity contribution in [1.82, 2.24) is 9.97 Å². The van der Waals surface area contributed by atoms with Crippen molar-refractivity contribution in [3.8, 4) is 44.8 Å². The monoisotopic (exact) mass is 638 g/mol. The zero-order valence-electron chi connectivity index (χ0n) is 22.2. The van der Waals surface area contributed by atoms with E-state index in [4.69, 9.17) is 9.97 Å². The molecule has 0 aliphatic rings. The standard InChI is InChI=1S/C38H24N2Te/c1-2-12-25(13-3-1)26-14-10-15-27(24-26)37-38(40-33-21-8-7-20-32(33)39-37)30-17-5-4-16-28(30)29-19-11-23-35-36(29)31-18-6-9-22-34(31)41-35/h1-24H. The number of fused-ring (bicyclic) bond motifs is 4. The molecule has 0 aliphatic heterocycles. The van der Waals surface area contributed by atoms with Gasteiger partial charge in [-0.2, -0.15) is 0 Å². The van der Waals surface area contributed by atoms with E-state index in [-0.39, 0.29) is 0 Å². The summed E-state index contributed by atoms with van der Waals surface area (Å²) in [6, 6.07) is 51.8. The molecule has 0 N–H and O–H groups in total. The fraction of sp³-hybridized carbons (Fsp3) is 0. The van der Waals surface area contributed by atoms with Crippen molar-refractivity contribution in [3.05, 3.63) is 146 Å². The van der Waals surface area contributed by atoms with Crippen LogP contribution in [0.1, 0.15) is 0 Å². The third kappa shape index (κ3) is 4.26. The Kier molecular flexibility index (Phi) is 5.99. The molecule has 0 unspecified atom stereocenters. The molecule has 0 fully saturated rings. The van der Waals surface area contributed by atoms with Gasteiger partial charge in [0.1, 0.15) is 0 Å². The van der Waals surface area contributed by atoms with Gasteiger partial charge in [-0.3, -0.25) is 0 Å². The Morgan fingerprint density at radius 1 is 0.390 bits per heavy atom. The van der Waals surface area contributed by atoms with Crippen LogP contribution in [0.25, 0.3) is 73.4 Å². The first-order chi connectivity index (χ1) is 20.3. The maximum absolute atomic E-state index is 5.29.